The van der Waals surface area contributed by atoms with Crippen LogP contribution >= 0.6 is 0 Å². The number of carbonyl (C=O) groups excluding carboxylic acids is 1. The van der Waals surface area contributed by atoms with E-state index in [4.69, 9.17) is 4.74 Å². The molecule has 1 aromatic rings. The largest absolute Gasteiger partial charge is 0.373 e. The van der Waals surface area contributed by atoms with Gasteiger partial charge in [0.15, 0.2) is 0 Å². The summed E-state index contributed by atoms with van der Waals surface area (Å²) in [5, 5.41) is 0. The van der Waals surface area contributed by atoms with Crippen molar-refractivity contribution >= 4 is 5.91 Å². The first-order valence-electron chi connectivity index (χ1n) is 9.33. The molecule has 4 aliphatic heterocycles. The average molecular weight is 329 g/mol. The van der Waals surface area contributed by atoms with Crippen LogP contribution in [0.2, 0.25) is 0 Å². The van der Waals surface area contributed by atoms with Crippen LogP contribution in [0.15, 0.2) is 24.5 Å². The van der Waals surface area contributed by atoms with E-state index >= 15 is 0 Å². The summed E-state index contributed by atoms with van der Waals surface area (Å²) in [6.45, 7) is 4.53. The Kier molecular flexibility index (Phi) is 4.81. The van der Waals surface area contributed by atoms with Crippen molar-refractivity contribution in [2.24, 2.45) is 5.92 Å². The van der Waals surface area contributed by atoms with Crippen LogP contribution in [0.3, 0.4) is 0 Å². The van der Waals surface area contributed by atoms with Gasteiger partial charge in [0.25, 0.3) is 0 Å². The van der Waals surface area contributed by atoms with E-state index in [1.165, 1.54) is 12.8 Å². The fourth-order valence-electron chi connectivity index (χ4n) is 4.37. The maximum absolute atomic E-state index is 12.9. The summed E-state index contributed by atoms with van der Waals surface area (Å²) >= 11 is 0. The normalized spacial score (nSPS) is 30.5. The third kappa shape index (κ3) is 3.47. The van der Waals surface area contributed by atoms with Crippen molar-refractivity contribution in [3.8, 4) is 0 Å². The van der Waals surface area contributed by atoms with Gasteiger partial charge in [0.05, 0.1) is 18.8 Å². The molecule has 0 spiro atoms. The van der Waals surface area contributed by atoms with Crippen LogP contribution in [-0.2, 0) is 16.1 Å². The fourth-order valence-corrected chi connectivity index (χ4v) is 4.37. The molecule has 4 fully saturated rings. The number of carbonyl (C=O) groups is 1. The number of piperidine rings is 4. The molecule has 1 atom stereocenters. The van der Waals surface area contributed by atoms with Crippen molar-refractivity contribution < 1.29 is 9.53 Å². The first-order chi connectivity index (χ1) is 11.8. The lowest BCUT2D eigenvalue weighted by atomic mass is 9.82. The smallest absolute Gasteiger partial charge is 0.239 e. The zero-order valence-corrected chi connectivity index (χ0v) is 14.3. The summed E-state index contributed by atoms with van der Waals surface area (Å²) in [7, 11) is 0. The summed E-state index contributed by atoms with van der Waals surface area (Å²) in [4.78, 5) is 21.5. The van der Waals surface area contributed by atoms with Gasteiger partial charge in [-0.2, -0.15) is 0 Å². The molecule has 4 saturated heterocycles. The highest BCUT2D eigenvalue weighted by molar-refractivity contribution is 5.82. The van der Waals surface area contributed by atoms with Gasteiger partial charge in [-0.25, -0.2) is 0 Å². The first-order valence-corrected chi connectivity index (χ1v) is 9.33. The predicted molar refractivity (Wildman–Crippen MR) is 91.3 cm³/mol. The number of hydrogen-bond acceptors (Lipinski definition) is 4. The number of rotatable bonds is 4. The lowest BCUT2D eigenvalue weighted by molar-refractivity contribution is -0.144. The molecule has 0 radical (unpaired) electrons. The highest BCUT2D eigenvalue weighted by atomic mass is 16.5. The van der Waals surface area contributed by atoms with Crippen LogP contribution in [0, 0.1) is 5.92 Å². The van der Waals surface area contributed by atoms with Gasteiger partial charge < -0.3 is 9.64 Å². The molecule has 5 rings (SSSR count). The van der Waals surface area contributed by atoms with Crippen LogP contribution in [0.25, 0.3) is 0 Å². The van der Waals surface area contributed by atoms with Crippen molar-refractivity contribution in [3.05, 3.63) is 30.1 Å². The molecule has 2 bridgehead atoms. The summed E-state index contributed by atoms with van der Waals surface area (Å²) in [5.74, 6) is 1.15. The van der Waals surface area contributed by atoms with Gasteiger partial charge in [-0.15, -0.1) is 0 Å². The van der Waals surface area contributed by atoms with Gasteiger partial charge in [0, 0.05) is 25.5 Å². The van der Waals surface area contributed by atoms with E-state index in [9.17, 15) is 4.79 Å². The van der Waals surface area contributed by atoms with Crippen molar-refractivity contribution in [2.75, 3.05) is 26.2 Å². The molecular formula is C19H27N3O2. The molecule has 5 heteroatoms. The van der Waals surface area contributed by atoms with Crippen LogP contribution in [-0.4, -0.2) is 59.0 Å². The third-order valence-corrected chi connectivity index (χ3v) is 5.89. The minimum Gasteiger partial charge on any atom is -0.373 e. The van der Waals surface area contributed by atoms with E-state index in [2.05, 4.69) is 14.8 Å². The topological polar surface area (TPSA) is 45.7 Å². The minimum atomic E-state index is 0.158. The molecule has 0 aromatic carbocycles. The Morgan fingerprint density at radius 1 is 1.17 bits per heavy atom. The van der Waals surface area contributed by atoms with Gasteiger partial charge in [-0.05, 0) is 62.7 Å². The zero-order valence-electron chi connectivity index (χ0n) is 14.3. The molecule has 0 aliphatic carbocycles. The van der Waals surface area contributed by atoms with E-state index in [1.807, 2.05) is 18.3 Å². The molecule has 4 aliphatic rings. The summed E-state index contributed by atoms with van der Waals surface area (Å²) in [6, 6.07) is 4.14. The Morgan fingerprint density at radius 3 is 2.58 bits per heavy atom. The monoisotopic (exact) mass is 329 g/mol. The Balaban J connectivity index is 1.25. The lowest BCUT2D eigenvalue weighted by Gasteiger charge is -2.46. The highest BCUT2D eigenvalue weighted by Crippen LogP contribution is 2.33. The molecule has 0 N–H and O–H groups in total. The van der Waals surface area contributed by atoms with E-state index in [0.29, 0.717) is 12.5 Å². The Bertz CT molecular complexity index is 549. The average Bonchev–Trinajstić information content (AvgIpc) is 2.68. The van der Waals surface area contributed by atoms with Gasteiger partial charge in [-0.3, -0.25) is 14.7 Å². The predicted octanol–water partition coefficient (Wildman–Crippen LogP) is 2.07. The Hall–Kier alpha value is -1.46. The maximum Gasteiger partial charge on any atom is 0.239 e. The third-order valence-electron chi connectivity index (χ3n) is 5.89. The second-order valence-electron chi connectivity index (χ2n) is 7.43. The van der Waals surface area contributed by atoms with Crippen molar-refractivity contribution in [2.45, 2.75) is 50.9 Å². The lowest BCUT2D eigenvalue weighted by Crippen LogP contribution is -2.57. The second kappa shape index (κ2) is 7.19. The molecule has 1 amide bonds. The van der Waals surface area contributed by atoms with Crippen LogP contribution in [0.1, 0.15) is 37.7 Å². The number of pyridine rings is 1. The van der Waals surface area contributed by atoms with Crippen LogP contribution in [0.5, 0.6) is 0 Å². The Morgan fingerprint density at radius 2 is 1.96 bits per heavy atom. The standard InChI is InChI=1S/C19H27N3O2/c23-19(18-12-15-3-8-21(18)9-4-15)22-10-5-17(6-11-22)24-14-16-2-1-7-20-13-16/h1-2,7,13,15,17-18H,3-6,8-12,14H2. The molecule has 24 heavy (non-hydrogen) atoms. The number of nitrogens with zero attached hydrogens (tertiary/aromatic N) is 3. The van der Waals surface area contributed by atoms with Gasteiger partial charge >= 0.3 is 0 Å². The fraction of sp³-hybridized carbons (Fsp3) is 0.684. The molecule has 5 heterocycles. The van der Waals surface area contributed by atoms with E-state index < -0.39 is 0 Å². The van der Waals surface area contributed by atoms with Gasteiger partial charge in [-0.1, -0.05) is 6.07 Å². The number of ether oxygens (including phenoxy) is 1. The van der Waals surface area contributed by atoms with Crippen LogP contribution < -0.4 is 0 Å². The number of likely N-dealkylation sites (tertiary alicyclic amines) is 1. The van der Waals surface area contributed by atoms with Crippen molar-refractivity contribution in [3.63, 3.8) is 0 Å². The number of aromatic nitrogens is 1. The van der Waals surface area contributed by atoms with E-state index in [0.717, 1.165) is 56.9 Å². The Labute approximate surface area is 144 Å². The summed E-state index contributed by atoms with van der Waals surface area (Å²) in [6.07, 6.45) is 9.44. The van der Waals surface area contributed by atoms with Crippen LogP contribution in [0.4, 0.5) is 0 Å². The van der Waals surface area contributed by atoms with Gasteiger partial charge in [0.2, 0.25) is 5.91 Å². The zero-order chi connectivity index (χ0) is 16.4. The maximum atomic E-state index is 12.9. The number of fused-ring (bicyclic) bond motifs is 3. The molecular weight excluding hydrogens is 302 g/mol. The first kappa shape index (κ1) is 16.0. The molecule has 5 nitrogen and oxygen atoms in total. The molecule has 130 valence electrons. The SMILES string of the molecule is O=C(C1CC2CCN1CC2)N1CCC(OCc2cccnc2)CC1. The minimum absolute atomic E-state index is 0.158. The molecule has 1 unspecified atom stereocenters. The molecule has 1 aromatic heterocycles. The number of hydrogen-bond donors (Lipinski definition) is 0. The van der Waals surface area contributed by atoms with E-state index in [-0.39, 0.29) is 12.1 Å². The second-order valence-corrected chi connectivity index (χ2v) is 7.43. The van der Waals surface area contributed by atoms with E-state index in [1.54, 1.807) is 6.20 Å². The van der Waals surface area contributed by atoms with Crippen molar-refractivity contribution in [1.82, 2.24) is 14.8 Å². The number of amides is 1. The molecule has 0 saturated carbocycles. The van der Waals surface area contributed by atoms with Crippen molar-refractivity contribution in [1.29, 1.82) is 0 Å². The summed E-state index contributed by atoms with van der Waals surface area (Å²) in [5.41, 5.74) is 1.11. The highest BCUT2D eigenvalue weighted by Gasteiger charge is 2.39. The van der Waals surface area contributed by atoms with Gasteiger partial charge in [0.1, 0.15) is 0 Å². The summed E-state index contributed by atoms with van der Waals surface area (Å²) < 4.78 is 6.00. The quantitative estimate of drug-likeness (QED) is 0.848.